The van der Waals surface area contributed by atoms with Crippen LogP contribution in [0.15, 0.2) is 0 Å². The van der Waals surface area contributed by atoms with Gasteiger partial charge in [0.1, 0.15) is 0 Å². The van der Waals surface area contributed by atoms with Gasteiger partial charge in [0.2, 0.25) is 5.92 Å². The first-order chi connectivity index (χ1) is 10.8. The van der Waals surface area contributed by atoms with Crippen LogP contribution in [0.1, 0.15) is 90.9 Å². The van der Waals surface area contributed by atoms with E-state index in [-0.39, 0.29) is 32.1 Å². The number of aliphatic hydroxyl groups excluding tert-OH is 2. The fraction of sp³-hybridized carbons (Fsp3) is 1.00. The van der Waals surface area contributed by atoms with E-state index in [1.54, 1.807) is 6.92 Å². The van der Waals surface area contributed by atoms with E-state index in [4.69, 9.17) is 5.73 Å². The third-order valence-electron chi connectivity index (χ3n) is 4.35. The van der Waals surface area contributed by atoms with Crippen LogP contribution in [-0.4, -0.2) is 34.4 Å². The summed E-state index contributed by atoms with van der Waals surface area (Å²) in [6, 6.07) is -0.414. The number of alkyl halides is 2. The van der Waals surface area contributed by atoms with Gasteiger partial charge in [-0.1, -0.05) is 45.4 Å². The number of unbranched alkanes of at least 4 members (excludes halogenated alkanes) is 6. The normalized spacial score (nSPS) is 16.3. The van der Waals surface area contributed by atoms with E-state index in [2.05, 4.69) is 6.92 Å². The second kappa shape index (κ2) is 13.1. The van der Waals surface area contributed by atoms with E-state index in [1.807, 2.05) is 0 Å². The van der Waals surface area contributed by atoms with Gasteiger partial charge in [-0.05, 0) is 26.2 Å². The molecule has 0 bridgehead atoms. The summed E-state index contributed by atoms with van der Waals surface area (Å²) in [6.45, 7) is 3.82. The van der Waals surface area contributed by atoms with Gasteiger partial charge in [-0.15, -0.1) is 0 Å². The summed E-state index contributed by atoms with van der Waals surface area (Å²) < 4.78 is 27.5. The van der Waals surface area contributed by atoms with Crippen LogP contribution in [0.5, 0.6) is 0 Å². The highest BCUT2D eigenvalue weighted by Gasteiger charge is 2.27. The van der Waals surface area contributed by atoms with Crippen LogP contribution in [0.2, 0.25) is 0 Å². The number of nitrogens with two attached hydrogens (primary N) is 1. The molecule has 0 saturated carbocycles. The van der Waals surface area contributed by atoms with Crippen molar-refractivity contribution < 1.29 is 19.0 Å². The Bertz CT molecular complexity index is 276. The second-order valence-electron chi connectivity index (χ2n) is 6.94. The maximum absolute atomic E-state index is 13.7. The third kappa shape index (κ3) is 13.8. The first-order valence-corrected chi connectivity index (χ1v) is 9.28. The number of rotatable bonds is 15. The summed E-state index contributed by atoms with van der Waals surface area (Å²) in [4.78, 5) is 0. The lowest BCUT2D eigenvalue weighted by atomic mass is 9.99. The standard InChI is InChI=1S/C18H37F2NO2/c1-3-4-5-6-7-8-9-12-18(19,20)13-10-11-16(22)14-17(23)15(2)21/h15-17,22-23H,3-14,21H2,1-2H3/t15-,16-,17-/m0/s1. The van der Waals surface area contributed by atoms with Crippen LogP contribution < -0.4 is 5.73 Å². The van der Waals surface area contributed by atoms with Crippen molar-refractivity contribution in [1.29, 1.82) is 0 Å². The van der Waals surface area contributed by atoms with Crippen molar-refractivity contribution >= 4 is 0 Å². The van der Waals surface area contributed by atoms with Crippen molar-refractivity contribution in [2.24, 2.45) is 5.73 Å². The zero-order chi connectivity index (χ0) is 17.7. The van der Waals surface area contributed by atoms with Crippen molar-refractivity contribution in [2.75, 3.05) is 0 Å². The number of halogens is 2. The monoisotopic (exact) mass is 337 g/mol. The SMILES string of the molecule is CCCCCCCCCC(F)(F)CCC[C@H](O)C[C@H](O)[C@H](C)N. The molecule has 140 valence electrons. The molecule has 0 aliphatic carbocycles. The Morgan fingerprint density at radius 2 is 1.43 bits per heavy atom. The van der Waals surface area contributed by atoms with Crippen molar-refractivity contribution in [2.45, 2.75) is 115 Å². The minimum absolute atomic E-state index is 0.0562. The minimum Gasteiger partial charge on any atom is -0.393 e. The van der Waals surface area contributed by atoms with E-state index in [0.29, 0.717) is 6.42 Å². The molecule has 3 nitrogen and oxygen atoms in total. The quantitative estimate of drug-likeness (QED) is 0.388. The minimum atomic E-state index is -2.64. The predicted molar refractivity (Wildman–Crippen MR) is 91.7 cm³/mol. The van der Waals surface area contributed by atoms with Gasteiger partial charge < -0.3 is 15.9 Å². The number of hydrogen-bond donors (Lipinski definition) is 3. The predicted octanol–water partition coefficient (Wildman–Crippen LogP) is 4.39. The third-order valence-corrected chi connectivity index (χ3v) is 4.35. The van der Waals surface area contributed by atoms with Gasteiger partial charge in [-0.3, -0.25) is 0 Å². The lowest BCUT2D eigenvalue weighted by Gasteiger charge is -2.20. The van der Waals surface area contributed by atoms with Crippen molar-refractivity contribution in [1.82, 2.24) is 0 Å². The second-order valence-corrected chi connectivity index (χ2v) is 6.94. The molecule has 0 aromatic rings. The topological polar surface area (TPSA) is 66.5 Å². The molecule has 0 heterocycles. The number of aliphatic hydroxyl groups is 2. The van der Waals surface area contributed by atoms with Crippen LogP contribution in [0, 0.1) is 0 Å². The fourth-order valence-corrected chi connectivity index (χ4v) is 2.67. The lowest BCUT2D eigenvalue weighted by Crippen LogP contribution is -2.34. The molecule has 0 aliphatic rings. The van der Waals surface area contributed by atoms with Crippen LogP contribution in [0.3, 0.4) is 0 Å². The molecule has 0 aliphatic heterocycles. The van der Waals surface area contributed by atoms with E-state index < -0.39 is 24.2 Å². The smallest absolute Gasteiger partial charge is 0.248 e. The maximum atomic E-state index is 13.7. The van der Waals surface area contributed by atoms with E-state index in [1.165, 1.54) is 19.3 Å². The van der Waals surface area contributed by atoms with Crippen LogP contribution >= 0.6 is 0 Å². The molecule has 0 aromatic carbocycles. The van der Waals surface area contributed by atoms with Gasteiger partial charge in [-0.25, -0.2) is 8.78 Å². The van der Waals surface area contributed by atoms with Crippen molar-refractivity contribution in [3.63, 3.8) is 0 Å². The Kier molecular flexibility index (Phi) is 12.9. The summed E-state index contributed by atoms with van der Waals surface area (Å²) in [5.74, 6) is -2.64. The molecule has 0 spiro atoms. The molecular weight excluding hydrogens is 300 g/mol. The summed E-state index contributed by atoms with van der Waals surface area (Å²) >= 11 is 0. The molecule has 0 amide bonds. The highest BCUT2D eigenvalue weighted by molar-refractivity contribution is 4.73. The molecule has 0 radical (unpaired) electrons. The molecule has 3 atom stereocenters. The molecule has 4 N–H and O–H groups in total. The maximum Gasteiger partial charge on any atom is 0.248 e. The first-order valence-electron chi connectivity index (χ1n) is 9.28. The first kappa shape index (κ1) is 22.7. The highest BCUT2D eigenvalue weighted by atomic mass is 19.3. The fourth-order valence-electron chi connectivity index (χ4n) is 2.67. The lowest BCUT2D eigenvalue weighted by molar-refractivity contribution is -0.0242. The Morgan fingerprint density at radius 1 is 0.913 bits per heavy atom. The van der Waals surface area contributed by atoms with Gasteiger partial charge in [-0.2, -0.15) is 0 Å². The summed E-state index contributed by atoms with van der Waals surface area (Å²) in [6.07, 6.45) is 6.22. The Hall–Kier alpha value is -0.260. The van der Waals surface area contributed by atoms with E-state index in [0.717, 1.165) is 19.3 Å². The summed E-state index contributed by atoms with van der Waals surface area (Å²) in [5.41, 5.74) is 5.51. The van der Waals surface area contributed by atoms with Crippen molar-refractivity contribution in [3.8, 4) is 0 Å². The molecule has 0 fully saturated rings. The van der Waals surface area contributed by atoms with E-state index >= 15 is 0 Å². The van der Waals surface area contributed by atoms with Crippen LogP contribution in [0.25, 0.3) is 0 Å². The Morgan fingerprint density at radius 3 is 2.00 bits per heavy atom. The highest BCUT2D eigenvalue weighted by Crippen LogP contribution is 2.28. The Balaban J connectivity index is 3.67. The van der Waals surface area contributed by atoms with E-state index in [9.17, 15) is 19.0 Å². The molecule has 0 aromatic heterocycles. The van der Waals surface area contributed by atoms with Crippen LogP contribution in [0.4, 0.5) is 8.78 Å². The zero-order valence-electron chi connectivity index (χ0n) is 14.9. The van der Waals surface area contributed by atoms with Gasteiger partial charge >= 0.3 is 0 Å². The van der Waals surface area contributed by atoms with Crippen molar-refractivity contribution in [3.05, 3.63) is 0 Å². The molecule has 0 unspecified atom stereocenters. The molecule has 0 rings (SSSR count). The summed E-state index contributed by atoms with van der Waals surface area (Å²) in [7, 11) is 0. The molecule has 5 heteroatoms. The van der Waals surface area contributed by atoms with Gasteiger partial charge in [0, 0.05) is 25.3 Å². The molecule has 23 heavy (non-hydrogen) atoms. The molecule has 0 saturated heterocycles. The average molecular weight is 337 g/mol. The zero-order valence-corrected chi connectivity index (χ0v) is 14.9. The molecular formula is C18H37F2NO2. The average Bonchev–Trinajstić information content (AvgIpc) is 2.45. The van der Waals surface area contributed by atoms with Crippen LogP contribution in [-0.2, 0) is 0 Å². The summed E-state index contributed by atoms with van der Waals surface area (Å²) in [5, 5.41) is 19.3. The largest absolute Gasteiger partial charge is 0.393 e. The number of hydrogen-bond acceptors (Lipinski definition) is 3. The van der Waals surface area contributed by atoms with Gasteiger partial charge in [0.25, 0.3) is 0 Å². The Labute approximate surface area is 140 Å². The van der Waals surface area contributed by atoms with Gasteiger partial charge in [0.05, 0.1) is 12.2 Å². The van der Waals surface area contributed by atoms with Gasteiger partial charge in [0.15, 0.2) is 0 Å².